The van der Waals surface area contributed by atoms with Crippen molar-refractivity contribution in [2.75, 3.05) is 0 Å². The number of fused-ring (bicyclic) bond motifs is 1. The van der Waals surface area contributed by atoms with Gasteiger partial charge >= 0.3 is 0 Å². The molecule has 1 fully saturated rings. The summed E-state index contributed by atoms with van der Waals surface area (Å²) in [7, 11) is 0. The molecule has 188 valence electrons. The van der Waals surface area contributed by atoms with Crippen LogP contribution in [-0.2, 0) is 13.1 Å². The van der Waals surface area contributed by atoms with Gasteiger partial charge in [-0.15, -0.1) is 5.10 Å². The van der Waals surface area contributed by atoms with Crippen molar-refractivity contribution in [3.05, 3.63) is 86.5 Å². The zero-order chi connectivity index (χ0) is 25.2. The summed E-state index contributed by atoms with van der Waals surface area (Å²) in [5, 5.41) is 14.1. The summed E-state index contributed by atoms with van der Waals surface area (Å²) < 4.78 is 2.06. The molecule has 0 bridgehead atoms. The van der Waals surface area contributed by atoms with E-state index in [-0.39, 0.29) is 11.6 Å². The van der Waals surface area contributed by atoms with Gasteiger partial charge < -0.3 is 4.98 Å². The molecule has 2 heterocycles. The zero-order valence-electron chi connectivity index (χ0n) is 21.8. The summed E-state index contributed by atoms with van der Waals surface area (Å²) in [5.41, 5.74) is 6.35. The van der Waals surface area contributed by atoms with Crippen LogP contribution in [0.1, 0.15) is 84.8 Å². The molecule has 4 aromatic rings. The fourth-order valence-electron chi connectivity index (χ4n) is 5.59. The van der Waals surface area contributed by atoms with Crippen LogP contribution in [0, 0.1) is 20.8 Å². The summed E-state index contributed by atoms with van der Waals surface area (Å²) in [5.74, 6) is 0.903. The van der Waals surface area contributed by atoms with E-state index in [4.69, 9.17) is 0 Å². The number of H-pyrrole nitrogens is 1. The molecule has 7 nitrogen and oxygen atoms in total. The molecule has 1 aliphatic rings. The minimum atomic E-state index is -0.0321. The summed E-state index contributed by atoms with van der Waals surface area (Å²) in [4.78, 5) is 18.8. The van der Waals surface area contributed by atoms with Crippen molar-refractivity contribution in [2.24, 2.45) is 0 Å². The smallest absolute Gasteiger partial charge is 0.252 e. The minimum absolute atomic E-state index is 0.00407. The molecular weight excluding hydrogens is 448 g/mol. The van der Waals surface area contributed by atoms with Gasteiger partial charge in [-0.3, -0.25) is 9.69 Å². The lowest BCUT2D eigenvalue weighted by atomic mass is 10.0. The number of hydrogen-bond donors (Lipinski definition) is 1. The molecule has 0 spiro atoms. The maximum absolute atomic E-state index is 13.3. The topological polar surface area (TPSA) is 79.7 Å². The third-order valence-corrected chi connectivity index (χ3v) is 7.71. The number of tetrazole rings is 1. The highest BCUT2D eigenvalue weighted by molar-refractivity contribution is 5.85. The van der Waals surface area contributed by atoms with E-state index >= 15 is 0 Å². The Hall–Kier alpha value is -3.32. The zero-order valence-corrected chi connectivity index (χ0v) is 21.8. The van der Waals surface area contributed by atoms with E-state index < -0.39 is 0 Å². The van der Waals surface area contributed by atoms with E-state index in [1.807, 2.05) is 6.92 Å². The Labute approximate surface area is 212 Å². The Kier molecular flexibility index (Phi) is 7.01. The predicted molar refractivity (Wildman–Crippen MR) is 143 cm³/mol. The van der Waals surface area contributed by atoms with Crippen LogP contribution in [-0.4, -0.2) is 30.1 Å². The number of aromatic nitrogens is 5. The van der Waals surface area contributed by atoms with Crippen LogP contribution in [0.2, 0.25) is 0 Å². The summed E-state index contributed by atoms with van der Waals surface area (Å²) in [6.07, 6.45) is 5.53. The molecule has 2 aromatic carbocycles. The molecule has 0 amide bonds. The van der Waals surface area contributed by atoms with Gasteiger partial charge in [0.1, 0.15) is 0 Å². The maximum atomic E-state index is 13.3. The first-order valence-corrected chi connectivity index (χ1v) is 13.1. The van der Waals surface area contributed by atoms with Gasteiger partial charge in [-0.25, -0.2) is 4.68 Å². The molecule has 1 atom stereocenters. The van der Waals surface area contributed by atoms with Gasteiger partial charge in [-0.05, 0) is 73.2 Å². The molecule has 1 N–H and O–H groups in total. The van der Waals surface area contributed by atoms with Crippen molar-refractivity contribution < 1.29 is 0 Å². The van der Waals surface area contributed by atoms with Gasteiger partial charge in [0.15, 0.2) is 5.82 Å². The Morgan fingerprint density at radius 3 is 2.47 bits per heavy atom. The van der Waals surface area contributed by atoms with Crippen molar-refractivity contribution in [1.82, 2.24) is 30.1 Å². The fraction of sp³-hybridized carbons (Fsp3) is 0.448. The molecular formula is C29H36N6O. The van der Waals surface area contributed by atoms with Crippen molar-refractivity contribution in [3.8, 4) is 0 Å². The Bertz CT molecular complexity index is 1400. The quantitative estimate of drug-likeness (QED) is 0.347. The first-order valence-electron chi connectivity index (χ1n) is 13.1. The van der Waals surface area contributed by atoms with Gasteiger partial charge in [0.05, 0.1) is 17.6 Å². The van der Waals surface area contributed by atoms with Crippen LogP contribution in [0.25, 0.3) is 10.9 Å². The average molecular weight is 485 g/mol. The van der Waals surface area contributed by atoms with Crippen molar-refractivity contribution in [3.63, 3.8) is 0 Å². The Morgan fingerprint density at radius 1 is 1.03 bits per heavy atom. The van der Waals surface area contributed by atoms with E-state index in [0.717, 1.165) is 52.7 Å². The lowest BCUT2D eigenvalue weighted by Crippen LogP contribution is -2.32. The second-order valence-corrected chi connectivity index (χ2v) is 10.3. The molecule has 0 radical (unpaired) electrons. The number of nitrogens with zero attached hydrogens (tertiary/aromatic N) is 5. The van der Waals surface area contributed by atoms with Gasteiger partial charge in [0.25, 0.3) is 5.56 Å². The van der Waals surface area contributed by atoms with Crippen molar-refractivity contribution >= 4 is 10.9 Å². The number of aromatic amines is 1. The SMILES string of the molecule is CCC(c1nnnn1C1CCCC1)N(Cc1ccc(C)cc1)Cc1cc2c(C)ccc(C)c2[nH]c1=O. The molecule has 36 heavy (non-hydrogen) atoms. The van der Waals surface area contributed by atoms with Gasteiger partial charge in [0.2, 0.25) is 0 Å². The minimum Gasteiger partial charge on any atom is -0.321 e. The van der Waals surface area contributed by atoms with E-state index in [2.05, 4.69) is 93.3 Å². The molecule has 2 aromatic heterocycles. The van der Waals surface area contributed by atoms with Crippen molar-refractivity contribution in [1.29, 1.82) is 0 Å². The molecule has 0 saturated heterocycles. The molecule has 0 aliphatic heterocycles. The average Bonchev–Trinajstić information content (AvgIpc) is 3.57. The summed E-state index contributed by atoms with van der Waals surface area (Å²) in [6, 6.07) is 15.3. The standard InChI is InChI=1S/C29H36N6O/c1-5-26(28-31-32-33-35(28)24-8-6-7-9-24)34(17-22-14-10-19(2)11-15-22)18-23-16-25-20(3)12-13-21(4)27(25)30-29(23)36/h10-16,24,26H,5-9,17-18H2,1-4H3,(H,30,36). The first-order chi connectivity index (χ1) is 17.4. The summed E-state index contributed by atoms with van der Waals surface area (Å²) in [6.45, 7) is 9.64. The highest BCUT2D eigenvalue weighted by Gasteiger charge is 2.29. The fourth-order valence-corrected chi connectivity index (χ4v) is 5.59. The first kappa shape index (κ1) is 24.4. The number of aryl methyl sites for hydroxylation is 3. The van der Waals surface area contributed by atoms with Crippen LogP contribution in [0.5, 0.6) is 0 Å². The van der Waals surface area contributed by atoms with Crippen LogP contribution < -0.4 is 5.56 Å². The molecule has 5 rings (SSSR count). The Morgan fingerprint density at radius 2 is 1.75 bits per heavy atom. The number of hydrogen-bond acceptors (Lipinski definition) is 5. The molecule has 1 saturated carbocycles. The lowest BCUT2D eigenvalue weighted by molar-refractivity contribution is 0.158. The highest BCUT2D eigenvalue weighted by atomic mass is 16.1. The number of rotatable bonds is 8. The lowest BCUT2D eigenvalue weighted by Gasteiger charge is -2.31. The monoisotopic (exact) mass is 484 g/mol. The normalized spacial score (nSPS) is 15.2. The molecule has 1 unspecified atom stereocenters. The van der Waals surface area contributed by atoms with Crippen LogP contribution in [0.3, 0.4) is 0 Å². The predicted octanol–water partition coefficient (Wildman–Crippen LogP) is 5.71. The second kappa shape index (κ2) is 10.3. The van der Waals surface area contributed by atoms with Crippen molar-refractivity contribution in [2.45, 2.75) is 85.0 Å². The number of benzene rings is 2. The highest BCUT2D eigenvalue weighted by Crippen LogP contribution is 2.33. The third-order valence-electron chi connectivity index (χ3n) is 7.71. The van der Waals surface area contributed by atoms with E-state index in [1.54, 1.807) is 0 Å². The Balaban J connectivity index is 1.55. The molecule has 7 heteroatoms. The van der Waals surface area contributed by atoms with Gasteiger partial charge in [-0.1, -0.05) is 61.7 Å². The maximum Gasteiger partial charge on any atom is 0.252 e. The van der Waals surface area contributed by atoms with Crippen LogP contribution in [0.15, 0.2) is 47.3 Å². The van der Waals surface area contributed by atoms with Gasteiger partial charge in [-0.2, -0.15) is 0 Å². The third kappa shape index (κ3) is 4.85. The number of pyridine rings is 1. The van der Waals surface area contributed by atoms with E-state index in [9.17, 15) is 4.79 Å². The number of nitrogens with one attached hydrogen (secondary N) is 1. The summed E-state index contributed by atoms with van der Waals surface area (Å²) >= 11 is 0. The van der Waals surface area contributed by atoms with E-state index in [0.29, 0.717) is 19.1 Å². The largest absolute Gasteiger partial charge is 0.321 e. The molecule has 1 aliphatic carbocycles. The van der Waals surface area contributed by atoms with Gasteiger partial charge in [0, 0.05) is 24.0 Å². The van der Waals surface area contributed by atoms with E-state index in [1.165, 1.54) is 24.0 Å². The van der Waals surface area contributed by atoms with Crippen LogP contribution >= 0.6 is 0 Å². The van der Waals surface area contributed by atoms with Crippen LogP contribution in [0.4, 0.5) is 0 Å². The second-order valence-electron chi connectivity index (χ2n) is 10.3.